The normalized spacial score (nSPS) is 21.1. The van der Waals surface area contributed by atoms with Crippen molar-refractivity contribution in [3.8, 4) is 10.6 Å². The summed E-state index contributed by atoms with van der Waals surface area (Å²) in [5, 5.41) is 10.5. The first-order valence-electron chi connectivity index (χ1n) is 10.9. The third-order valence-corrected chi connectivity index (χ3v) is 7.63. The summed E-state index contributed by atoms with van der Waals surface area (Å²) in [6.07, 6.45) is 4.19. The number of carbonyl (C=O) groups is 2. The fourth-order valence-electron chi connectivity index (χ4n) is 4.78. The minimum absolute atomic E-state index is 0.147. The molecule has 1 fully saturated rings. The summed E-state index contributed by atoms with van der Waals surface area (Å²) >= 11 is 7.76. The number of hydrogen-bond acceptors (Lipinski definition) is 4. The highest BCUT2D eigenvalue weighted by Crippen LogP contribution is 2.37. The van der Waals surface area contributed by atoms with Gasteiger partial charge >= 0.3 is 0 Å². The van der Waals surface area contributed by atoms with Crippen molar-refractivity contribution in [2.24, 2.45) is 0 Å². The van der Waals surface area contributed by atoms with Gasteiger partial charge in [-0.15, -0.1) is 11.3 Å². The van der Waals surface area contributed by atoms with Crippen LogP contribution in [0.5, 0.6) is 0 Å². The van der Waals surface area contributed by atoms with E-state index in [-0.39, 0.29) is 24.4 Å². The Bertz CT molecular complexity index is 1180. The van der Waals surface area contributed by atoms with Crippen LogP contribution in [-0.4, -0.2) is 33.2 Å². The standard InChI is InChI=1S/C24H25ClN4O2S/c1-15-12-16(25)9-10-19(15)29-22(30)20-13-18(21-8-5-11-32-21)27-28(20)14-24(29,2)23(31)26-17-6-3-4-7-17/h5,8-13,17H,3-4,6-7,14H2,1-2H3,(H,26,31)/t24-/m1/s1. The molecule has 1 saturated carbocycles. The number of nitrogens with zero attached hydrogens (tertiary/aromatic N) is 3. The number of nitrogens with one attached hydrogen (secondary N) is 1. The van der Waals surface area contributed by atoms with Crippen molar-refractivity contribution < 1.29 is 9.59 Å². The first kappa shape index (κ1) is 21.2. The van der Waals surface area contributed by atoms with Gasteiger partial charge in [0, 0.05) is 16.8 Å². The summed E-state index contributed by atoms with van der Waals surface area (Å²) in [6.45, 7) is 4.02. The molecule has 0 spiro atoms. The zero-order valence-electron chi connectivity index (χ0n) is 18.1. The number of aryl methyl sites for hydroxylation is 1. The van der Waals surface area contributed by atoms with Gasteiger partial charge in [0.1, 0.15) is 16.9 Å². The molecule has 0 saturated heterocycles. The quantitative estimate of drug-likeness (QED) is 0.582. The average Bonchev–Trinajstić information content (AvgIpc) is 3.50. The highest BCUT2D eigenvalue weighted by atomic mass is 35.5. The topological polar surface area (TPSA) is 67.2 Å². The van der Waals surface area contributed by atoms with Gasteiger partial charge in [-0.3, -0.25) is 19.2 Å². The van der Waals surface area contributed by atoms with Crippen LogP contribution in [0.1, 0.15) is 48.7 Å². The number of thiophene rings is 1. The zero-order valence-corrected chi connectivity index (χ0v) is 19.7. The number of anilines is 1. The zero-order chi connectivity index (χ0) is 22.5. The molecule has 2 aromatic heterocycles. The van der Waals surface area contributed by atoms with E-state index < -0.39 is 5.54 Å². The summed E-state index contributed by atoms with van der Waals surface area (Å²) in [5.74, 6) is -0.382. The van der Waals surface area contributed by atoms with Crippen LogP contribution in [0.3, 0.4) is 0 Å². The van der Waals surface area contributed by atoms with E-state index in [1.54, 1.807) is 27.0 Å². The Morgan fingerprint density at radius 1 is 1.25 bits per heavy atom. The van der Waals surface area contributed by atoms with Gasteiger partial charge in [0.05, 0.1) is 11.4 Å². The maximum Gasteiger partial charge on any atom is 0.277 e. The molecule has 1 aliphatic carbocycles. The molecule has 32 heavy (non-hydrogen) atoms. The smallest absolute Gasteiger partial charge is 0.277 e. The van der Waals surface area contributed by atoms with Crippen molar-refractivity contribution in [2.75, 3.05) is 4.90 Å². The molecule has 3 aromatic rings. The van der Waals surface area contributed by atoms with Crippen LogP contribution in [0.25, 0.3) is 10.6 Å². The highest BCUT2D eigenvalue weighted by Gasteiger charge is 2.49. The Labute approximate surface area is 196 Å². The molecule has 1 aromatic carbocycles. The third kappa shape index (κ3) is 3.53. The molecule has 0 radical (unpaired) electrons. The SMILES string of the molecule is Cc1cc(Cl)ccc1N1C(=O)c2cc(-c3cccs3)nn2C[C@]1(C)C(=O)NC1CCCC1. The lowest BCUT2D eigenvalue weighted by Gasteiger charge is -2.44. The molecule has 0 bridgehead atoms. The van der Waals surface area contributed by atoms with Gasteiger partial charge < -0.3 is 5.32 Å². The largest absolute Gasteiger partial charge is 0.351 e. The molecule has 2 aliphatic rings. The van der Waals surface area contributed by atoms with Gasteiger partial charge in [0.25, 0.3) is 5.91 Å². The molecule has 0 unspecified atom stereocenters. The van der Waals surface area contributed by atoms with Gasteiger partial charge in [-0.05, 0) is 68.0 Å². The molecule has 1 N–H and O–H groups in total. The molecule has 3 heterocycles. The lowest BCUT2D eigenvalue weighted by molar-refractivity contribution is -0.127. The second-order valence-electron chi connectivity index (χ2n) is 8.85. The van der Waals surface area contributed by atoms with E-state index in [2.05, 4.69) is 5.32 Å². The number of amides is 2. The van der Waals surface area contributed by atoms with Gasteiger partial charge in [-0.25, -0.2) is 0 Å². The second-order valence-corrected chi connectivity index (χ2v) is 10.2. The number of carbonyl (C=O) groups excluding carboxylic acids is 2. The summed E-state index contributed by atoms with van der Waals surface area (Å²) in [6, 6.07) is 11.3. The Morgan fingerprint density at radius 2 is 2.03 bits per heavy atom. The average molecular weight is 469 g/mol. The number of rotatable bonds is 4. The summed E-state index contributed by atoms with van der Waals surface area (Å²) in [7, 11) is 0. The van der Waals surface area contributed by atoms with Crippen molar-refractivity contribution in [3.63, 3.8) is 0 Å². The Morgan fingerprint density at radius 3 is 2.72 bits per heavy atom. The van der Waals surface area contributed by atoms with Crippen molar-refractivity contribution >= 4 is 40.4 Å². The summed E-state index contributed by atoms with van der Waals surface area (Å²) in [5.41, 5.74) is 1.64. The van der Waals surface area contributed by atoms with E-state index in [0.717, 1.165) is 41.8 Å². The van der Waals surface area contributed by atoms with Crippen LogP contribution in [0.2, 0.25) is 5.02 Å². The molecule has 2 amide bonds. The van der Waals surface area contributed by atoms with E-state index in [9.17, 15) is 9.59 Å². The maximum atomic E-state index is 13.9. The number of fused-ring (bicyclic) bond motifs is 1. The molecule has 8 heteroatoms. The van der Waals surface area contributed by atoms with E-state index in [1.807, 2.05) is 49.6 Å². The van der Waals surface area contributed by atoms with Gasteiger partial charge in [0.15, 0.2) is 0 Å². The number of hydrogen-bond donors (Lipinski definition) is 1. The molecular weight excluding hydrogens is 444 g/mol. The molecule has 5 rings (SSSR count). The number of halogens is 1. The monoisotopic (exact) mass is 468 g/mol. The van der Waals surface area contributed by atoms with Crippen LogP contribution in [-0.2, 0) is 11.3 Å². The van der Waals surface area contributed by atoms with Gasteiger partial charge in [-0.2, -0.15) is 5.10 Å². The molecule has 166 valence electrons. The molecule has 6 nitrogen and oxygen atoms in total. The first-order chi connectivity index (χ1) is 15.4. The van der Waals surface area contributed by atoms with Crippen LogP contribution < -0.4 is 10.2 Å². The molecule has 1 aliphatic heterocycles. The van der Waals surface area contributed by atoms with Gasteiger partial charge in [0.2, 0.25) is 5.91 Å². The summed E-state index contributed by atoms with van der Waals surface area (Å²) < 4.78 is 1.69. The van der Waals surface area contributed by atoms with E-state index in [4.69, 9.17) is 16.7 Å². The predicted octanol–water partition coefficient (Wildman–Crippen LogP) is 5.05. The molecular formula is C24H25ClN4O2S. The van der Waals surface area contributed by atoms with Crippen molar-refractivity contribution in [3.05, 3.63) is 58.1 Å². The summed E-state index contributed by atoms with van der Waals surface area (Å²) in [4.78, 5) is 30.1. The lowest BCUT2D eigenvalue weighted by Crippen LogP contribution is -2.65. The number of aromatic nitrogens is 2. The fourth-order valence-corrected chi connectivity index (χ4v) is 5.69. The van der Waals surface area contributed by atoms with E-state index >= 15 is 0 Å². The maximum absolute atomic E-state index is 13.9. The predicted molar refractivity (Wildman–Crippen MR) is 127 cm³/mol. The van der Waals surface area contributed by atoms with Crippen molar-refractivity contribution in [1.29, 1.82) is 0 Å². The van der Waals surface area contributed by atoms with Gasteiger partial charge in [-0.1, -0.05) is 30.5 Å². The van der Waals surface area contributed by atoms with Crippen LogP contribution in [0.4, 0.5) is 5.69 Å². The molecule has 1 atom stereocenters. The second kappa shape index (κ2) is 8.05. The number of benzene rings is 1. The minimum Gasteiger partial charge on any atom is -0.351 e. The van der Waals surface area contributed by atoms with Crippen molar-refractivity contribution in [1.82, 2.24) is 15.1 Å². The fraction of sp³-hybridized carbons (Fsp3) is 0.375. The highest BCUT2D eigenvalue weighted by molar-refractivity contribution is 7.13. The lowest BCUT2D eigenvalue weighted by atomic mass is 9.92. The van der Waals surface area contributed by atoms with Crippen LogP contribution in [0, 0.1) is 6.92 Å². The van der Waals surface area contributed by atoms with Crippen LogP contribution in [0.15, 0.2) is 41.8 Å². The Hall–Kier alpha value is -2.64. The van der Waals surface area contributed by atoms with Crippen LogP contribution >= 0.6 is 22.9 Å². The van der Waals surface area contributed by atoms with E-state index in [1.165, 1.54) is 0 Å². The minimum atomic E-state index is -1.12. The van der Waals surface area contributed by atoms with E-state index in [0.29, 0.717) is 16.4 Å². The van der Waals surface area contributed by atoms with Crippen molar-refractivity contribution in [2.45, 2.75) is 57.7 Å². The first-order valence-corrected chi connectivity index (χ1v) is 12.2. The third-order valence-electron chi connectivity index (χ3n) is 6.51. The Kier molecular flexibility index (Phi) is 5.34. The Balaban J connectivity index is 1.60.